The zero-order valence-corrected chi connectivity index (χ0v) is 22.6. The average molecular weight is 545 g/mol. The van der Waals surface area contributed by atoms with Gasteiger partial charge in [0, 0.05) is 25.3 Å². The van der Waals surface area contributed by atoms with Crippen LogP contribution < -0.4 is 15.4 Å². The summed E-state index contributed by atoms with van der Waals surface area (Å²) in [5, 5.41) is 23.9. The van der Waals surface area contributed by atoms with Crippen LogP contribution in [0.15, 0.2) is 55.0 Å². The predicted octanol–water partition coefficient (Wildman–Crippen LogP) is 3.77. The number of carbonyl (C=O) groups is 1. The number of pyridine rings is 1. The number of nitrogens with zero attached hydrogens (tertiary/aromatic N) is 5. The highest BCUT2D eigenvalue weighted by Gasteiger charge is 2.21. The van der Waals surface area contributed by atoms with E-state index in [0.717, 1.165) is 62.5 Å². The Hall–Kier alpha value is -4.25. The Bertz CT molecular complexity index is 1380. The lowest BCUT2D eigenvalue weighted by molar-refractivity contribution is -0.138. The molecule has 11 heteroatoms. The number of hydrogen-bond donors (Lipinski definition) is 4. The number of H-pyrrole nitrogens is 1. The largest absolute Gasteiger partial charge is 0.492 e. The molecule has 0 radical (unpaired) electrons. The van der Waals surface area contributed by atoms with Crippen molar-refractivity contribution in [1.29, 1.82) is 0 Å². The molecule has 40 heavy (non-hydrogen) atoms. The Morgan fingerprint density at radius 1 is 1.10 bits per heavy atom. The topological polar surface area (TPSA) is 141 Å². The number of rotatable bonds is 15. The molecule has 0 bridgehead atoms. The molecule has 0 fully saturated rings. The van der Waals surface area contributed by atoms with Gasteiger partial charge < -0.3 is 20.5 Å². The van der Waals surface area contributed by atoms with Crippen LogP contribution >= 0.6 is 0 Å². The Kier molecular flexibility index (Phi) is 9.36. The summed E-state index contributed by atoms with van der Waals surface area (Å²) in [5.74, 6) is 1.39. The van der Waals surface area contributed by atoms with Crippen LogP contribution in [0.5, 0.6) is 5.75 Å². The number of unbranched alkanes of at least 4 members (excludes halogenated alkanes) is 1. The van der Waals surface area contributed by atoms with E-state index < -0.39 is 12.0 Å². The van der Waals surface area contributed by atoms with E-state index in [1.807, 2.05) is 30.3 Å². The molecule has 0 aliphatic carbocycles. The highest BCUT2D eigenvalue weighted by molar-refractivity contribution is 5.88. The number of fused-ring (bicyclic) bond motifs is 2. The molecule has 0 spiro atoms. The number of benzene rings is 1. The van der Waals surface area contributed by atoms with Gasteiger partial charge in [0.05, 0.1) is 11.6 Å². The first-order chi connectivity index (χ1) is 19.7. The van der Waals surface area contributed by atoms with Crippen LogP contribution in [0.4, 0.5) is 11.6 Å². The third-order valence-corrected chi connectivity index (χ3v) is 7.12. The zero-order valence-electron chi connectivity index (χ0n) is 22.6. The molecule has 1 atom stereocenters. The zero-order chi connectivity index (χ0) is 27.6. The number of para-hydroxylation sites is 1. The molecule has 1 aliphatic rings. The van der Waals surface area contributed by atoms with E-state index in [1.165, 1.54) is 11.9 Å². The number of anilines is 2. The van der Waals surface area contributed by atoms with Gasteiger partial charge in [0.2, 0.25) is 0 Å². The molecule has 4 aromatic rings. The Labute approximate surface area is 233 Å². The summed E-state index contributed by atoms with van der Waals surface area (Å²) in [6.45, 7) is 3.65. The first kappa shape index (κ1) is 27.3. The van der Waals surface area contributed by atoms with Gasteiger partial charge in [-0.2, -0.15) is 5.10 Å². The SMILES string of the molecule is O=C(O)C(CCN(CCCCc1ccc2c(n1)NCCC2)CCOc1ccccc1)Nc1ncnc2[nH]ncc12. The predicted molar refractivity (Wildman–Crippen MR) is 154 cm³/mol. The lowest BCUT2D eigenvalue weighted by Gasteiger charge is -2.25. The van der Waals surface area contributed by atoms with Crippen LogP contribution in [0, 0.1) is 0 Å². The maximum absolute atomic E-state index is 12.1. The van der Waals surface area contributed by atoms with E-state index in [-0.39, 0.29) is 0 Å². The summed E-state index contributed by atoms with van der Waals surface area (Å²) in [5.41, 5.74) is 2.97. The first-order valence-corrected chi connectivity index (χ1v) is 13.9. The molecule has 210 valence electrons. The summed E-state index contributed by atoms with van der Waals surface area (Å²) in [7, 11) is 0. The van der Waals surface area contributed by atoms with Crippen LogP contribution in [0.1, 0.15) is 36.9 Å². The second-order valence-electron chi connectivity index (χ2n) is 9.98. The van der Waals surface area contributed by atoms with E-state index in [4.69, 9.17) is 9.72 Å². The number of aromatic nitrogens is 5. The summed E-state index contributed by atoms with van der Waals surface area (Å²) in [6.07, 6.45) is 8.53. The number of carboxylic acids is 1. The fourth-order valence-electron chi connectivity index (χ4n) is 4.91. The van der Waals surface area contributed by atoms with Crippen molar-refractivity contribution in [1.82, 2.24) is 30.0 Å². The lowest BCUT2D eigenvalue weighted by Crippen LogP contribution is -2.37. The van der Waals surface area contributed by atoms with Crippen molar-refractivity contribution >= 4 is 28.6 Å². The highest BCUT2D eigenvalue weighted by atomic mass is 16.5. The van der Waals surface area contributed by atoms with Crippen molar-refractivity contribution in [2.75, 3.05) is 43.4 Å². The molecule has 0 saturated carbocycles. The fraction of sp³-hybridized carbons (Fsp3) is 0.414. The Balaban J connectivity index is 1.16. The number of aliphatic carboxylic acids is 1. The number of carboxylic acid groups (broad SMARTS) is 1. The minimum atomic E-state index is -0.928. The van der Waals surface area contributed by atoms with Crippen LogP contribution in [0.3, 0.4) is 0 Å². The quantitative estimate of drug-likeness (QED) is 0.163. The van der Waals surface area contributed by atoms with Crippen molar-refractivity contribution in [3.63, 3.8) is 0 Å². The van der Waals surface area contributed by atoms with Gasteiger partial charge in [-0.15, -0.1) is 0 Å². The van der Waals surface area contributed by atoms with E-state index in [0.29, 0.717) is 43.0 Å². The maximum atomic E-state index is 12.1. The summed E-state index contributed by atoms with van der Waals surface area (Å²) >= 11 is 0. The lowest BCUT2D eigenvalue weighted by atomic mass is 10.1. The smallest absolute Gasteiger partial charge is 0.326 e. The van der Waals surface area contributed by atoms with Gasteiger partial charge in [-0.3, -0.25) is 10.00 Å². The molecular weight excluding hydrogens is 508 g/mol. The van der Waals surface area contributed by atoms with Gasteiger partial charge in [0.25, 0.3) is 0 Å². The van der Waals surface area contributed by atoms with E-state index in [2.05, 4.69) is 47.8 Å². The standard InChI is InChI=1S/C29H36N8O3/c38-29(39)25(35-27-24-19-33-36-28(24)32-20-31-27)13-16-37(17-18-40-23-9-2-1-3-10-23)15-5-4-8-22-12-11-21-7-6-14-30-26(21)34-22/h1-3,9-12,19-20,25H,4-8,13-18H2,(H,30,34)(H,38,39)(H2,31,32,33,35,36). The van der Waals surface area contributed by atoms with Gasteiger partial charge in [0.1, 0.15) is 36.4 Å². The number of aryl methyl sites for hydroxylation is 2. The molecule has 1 aliphatic heterocycles. The molecule has 4 heterocycles. The van der Waals surface area contributed by atoms with E-state index in [1.54, 1.807) is 6.20 Å². The van der Waals surface area contributed by atoms with Gasteiger partial charge in [-0.05, 0) is 68.8 Å². The van der Waals surface area contributed by atoms with E-state index >= 15 is 0 Å². The fourth-order valence-corrected chi connectivity index (χ4v) is 4.91. The number of ether oxygens (including phenoxy) is 1. The van der Waals surface area contributed by atoms with Gasteiger partial charge in [0.15, 0.2) is 5.65 Å². The molecule has 3 aromatic heterocycles. The van der Waals surface area contributed by atoms with Crippen LogP contribution in [-0.2, 0) is 17.6 Å². The number of aromatic amines is 1. The van der Waals surface area contributed by atoms with Crippen molar-refractivity contribution in [3.8, 4) is 5.75 Å². The summed E-state index contributed by atoms with van der Waals surface area (Å²) in [6, 6.07) is 13.3. The molecular formula is C29H36N8O3. The maximum Gasteiger partial charge on any atom is 0.326 e. The Morgan fingerprint density at radius 2 is 2.00 bits per heavy atom. The Morgan fingerprint density at radius 3 is 2.88 bits per heavy atom. The number of nitrogens with one attached hydrogen (secondary N) is 3. The minimum Gasteiger partial charge on any atom is -0.492 e. The van der Waals surface area contributed by atoms with Crippen LogP contribution in [0.25, 0.3) is 11.0 Å². The van der Waals surface area contributed by atoms with Crippen molar-refractivity contribution in [3.05, 3.63) is 66.2 Å². The second-order valence-corrected chi connectivity index (χ2v) is 9.98. The molecule has 5 rings (SSSR count). The van der Waals surface area contributed by atoms with Gasteiger partial charge in [-0.25, -0.2) is 19.7 Å². The van der Waals surface area contributed by atoms with Crippen LogP contribution in [-0.4, -0.2) is 80.0 Å². The molecule has 1 aromatic carbocycles. The van der Waals surface area contributed by atoms with Crippen LogP contribution in [0.2, 0.25) is 0 Å². The molecule has 11 nitrogen and oxygen atoms in total. The first-order valence-electron chi connectivity index (χ1n) is 13.9. The molecule has 0 saturated heterocycles. The summed E-state index contributed by atoms with van der Waals surface area (Å²) < 4.78 is 5.94. The van der Waals surface area contributed by atoms with Crippen molar-refractivity contribution in [2.45, 2.75) is 44.6 Å². The van der Waals surface area contributed by atoms with E-state index in [9.17, 15) is 9.90 Å². The normalized spacial score (nSPS) is 13.5. The third kappa shape index (κ3) is 7.44. The monoisotopic (exact) mass is 544 g/mol. The molecule has 0 amide bonds. The van der Waals surface area contributed by atoms with Crippen molar-refractivity contribution < 1.29 is 14.6 Å². The average Bonchev–Trinajstić information content (AvgIpc) is 3.47. The highest BCUT2D eigenvalue weighted by Crippen LogP contribution is 2.21. The number of hydrogen-bond acceptors (Lipinski definition) is 9. The van der Waals surface area contributed by atoms with Gasteiger partial charge in [-0.1, -0.05) is 24.3 Å². The minimum absolute atomic E-state index is 0.405. The van der Waals surface area contributed by atoms with Crippen molar-refractivity contribution in [2.24, 2.45) is 0 Å². The second kappa shape index (κ2) is 13.7. The third-order valence-electron chi connectivity index (χ3n) is 7.12. The molecule has 4 N–H and O–H groups in total. The molecule has 1 unspecified atom stereocenters. The van der Waals surface area contributed by atoms with Gasteiger partial charge >= 0.3 is 5.97 Å². The summed E-state index contributed by atoms with van der Waals surface area (Å²) in [4.78, 5) is 27.6.